The number of halogens is 3. The molecule has 3 rings (SSSR count). The van der Waals surface area contributed by atoms with E-state index < -0.39 is 27.3 Å². The van der Waals surface area contributed by atoms with Crippen molar-refractivity contribution in [2.45, 2.75) is 65.1 Å². The fraction of sp³-hybridized carbons (Fsp3) is 0.708. The molecule has 10 heteroatoms. The quantitative estimate of drug-likeness (QED) is 0.617. The average molecular weight is 504 g/mol. The monoisotopic (exact) mass is 503 g/mol. The normalized spacial score (nSPS) is 21.6. The number of hydrogen-bond acceptors (Lipinski definition) is 4. The van der Waals surface area contributed by atoms with Gasteiger partial charge in [0.1, 0.15) is 0 Å². The molecule has 34 heavy (non-hydrogen) atoms. The standard InChI is InChI=1S/C24H36F3N3O3S/c1-18(2)16-34(32,33)30-17-23(10-9-22(30,3)4)11-13-29(14-12-23)15-21(31)28-20-7-5-19(6-8-20)24(25,26)27/h5-8,18H,9-17H2,1-4H3,(H,28,31). The molecule has 2 heterocycles. The van der Waals surface area contributed by atoms with E-state index in [1.807, 2.05) is 32.6 Å². The van der Waals surface area contributed by atoms with Crippen LogP contribution >= 0.6 is 0 Å². The van der Waals surface area contributed by atoms with Crippen molar-refractivity contribution >= 4 is 21.6 Å². The Bertz CT molecular complexity index is 967. The molecule has 0 radical (unpaired) electrons. The fourth-order valence-electron chi connectivity index (χ4n) is 5.02. The summed E-state index contributed by atoms with van der Waals surface area (Å²) in [6.07, 6.45) is -1.03. The van der Waals surface area contributed by atoms with Gasteiger partial charge in [0.25, 0.3) is 0 Å². The minimum Gasteiger partial charge on any atom is -0.325 e. The molecule has 0 bridgehead atoms. The first kappa shape index (κ1) is 26.9. The van der Waals surface area contributed by atoms with Crippen LogP contribution in [0.5, 0.6) is 0 Å². The molecular formula is C24H36F3N3O3S. The highest BCUT2D eigenvalue weighted by Crippen LogP contribution is 2.46. The molecule has 2 aliphatic heterocycles. The van der Waals surface area contributed by atoms with Gasteiger partial charge in [-0.05, 0) is 88.2 Å². The van der Waals surface area contributed by atoms with E-state index in [4.69, 9.17) is 0 Å². The molecule has 1 amide bonds. The number of hydrogen-bond donors (Lipinski definition) is 1. The van der Waals surface area contributed by atoms with Crippen LogP contribution in [0.4, 0.5) is 18.9 Å². The van der Waals surface area contributed by atoms with E-state index in [1.165, 1.54) is 12.1 Å². The Morgan fingerprint density at radius 3 is 2.18 bits per heavy atom. The lowest BCUT2D eigenvalue weighted by atomic mass is 9.69. The van der Waals surface area contributed by atoms with Crippen LogP contribution in [0, 0.1) is 11.3 Å². The van der Waals surface area contributed by atoms with Gasteiger partial charge >= 0.3 is 6.18 Å². The first-order valence-electron chi connectivity index (χ1n) is 11.8. The van der Waals surface area contributed by atoms with Crippen molar-refractivity contribution < 1.29 is 26.4 Å². The van der Waals surface area contributed by atoms with Crippen molar-refractivity contribution in [1.29, 1.82) is 0 Å². The third-order valence-corrected chi connectivity index (χ3v) is 9.46. The summed E-state index contributed by atoms with van der Waals surface area (Å²) < 4.78 is 66.0. The summed E-state index contributed by atoms with van der Waals surface area (Å²) >= 11 is 0. The number of alkyl halides is 3. The van der Waals surface area contributed by atoms with Gasteiger partial charge in [-0.2, -0.15) is 17.5 Å². The van der Waals surface area contributed by atoms with Crippen LogP contribution in [0.15, 0.2) is 24.3 Å². The second-order valence-corrected chi connectivity index (χ2v) is 12.8. The number of carbonyl (C=O) groups is 1. The van der Waals surface area contributed by atoms with Crippen LogP contribution in [-0.2, 0) is 21.0 Å². The highest BCUT2D eigenvalue weighted by atomic mass is 32.2. The van der Waals surface area contributed by atoms with E-state index in [9.17, 15) is 26.4 Å². The number of carbonyl (C=O) groups excluding carboxylic acids is 1. The largest absolute Gasteiger partial charge is 0.416 e. The first-order valence-corrected chi connectivity index (χ1v) is 13.4. The summed E-state index contributed by atoms with van der Waals surface area (Å²) in [5.41, 5.74) is -0.920. The molecule has 2 aliphatic rings. The van der Waals surface area contributed by atoms with Gasteiger partial charge in [-0.25, -0.2) is 8.42 Å². The molecule has 0 aromatic heterocycles. The molecule has 0 atom stereocenters. The Kier molecular flexibility index (Phi) is 7.75. The number of anilines is 1. The Hall–Kier alpha value is -1.65. The molecular weight excluding hydrogens is 467 g/mol. The number of likely N-dealkylation sites (tertiary alicyclic amines) is 1. The summed E-state index contributed by atoms with van der Waals surface area (Å²) in [5.74, 6) is -0.0757. The Morgan fingerprint density at radius 1 is 1.06 bits per heavy atom. The zero-order chi connectivity index (χ0) is 25.4. The van der Waals surface area contributed by atoms with Gasteiger partial charge in [-0.3, -0.25) is 9.69 Å². The predicted octanol–water partition coefficient (Wildman–Crippen LogP) is 4.59. The summed E-state index contributed by atoms with van der Waals surface area (Å²) in [6, 6.07) is 4.40. The molecule has 1 aromatic rings. The molecule has 0 saturated carbocycles. The lowest BCUT2D eigenvalue weighted by Gasteiger charge is -2.53. The lowest BCUT2D eigenvalue weighted by Crippen LogP contribution is -2.59. The molecule has 192 valence electrons. The number of piperidine rings is 2. The smallest absolute Gasteiger partial charge is 0.325 e. The van der Waals surface area contributed by atoms with Gasteiger partial charge in [-0.1, -0.05) is 13.8 Å². The van der Waals surface area contributed by atoms with Crippen molar-refractivity contribution in [3.05, 3.63) is 29.8 Å². The molecule has 0 unspecified atom stereocenters. The van der Waals surface area contributed by atoms with Gasteiger partial charge in [0.15, 0.2) is 0 Å². The van der Waals surface area contributed by atoms with Crippen molar-refractivity contribution in [3.8, 4) is 0 Å². The minimum atomic E-state index is -4.41. The third kappa shape index (κ3) is 6.51. The second-order valence-electron chi connectivity index (χ2n) is 10.9. The van der Waals surface area contributed by atoms with Crippen molar-refractivity contribution in [2.75, 3.05) is 37.2 Å². The van der Waals surface area contributed by atoms with Crippen LogP contribution in [0.3, 0.4) is 0 Å². The van der Waals surface area contributed by atoms with Crippen LogP contribution in [0.2, 0.25) is 0 Å². The summed E-state index contributed by atoms with van der Waals surface area (Å²) in [7, 11) is -3.36. The van der Waals surface area contributed by atoms with E-state index in [0.29, 0.717) is 25.3 Å². The molecule has 1 N–H and O–H groups in total. The van der Waals surface area contributed by atoms with Gasteiger partial charge in [0.2, 0.25) is 15.9 Å². The third-order valence-electron chi connectivity index (χ3n) is 7.08. The molecule has 1 aromatic carbocycles. The van der Waals surface area contributed by atoms with Crippen molar-refractivity contribution in [3.63, 3.8) is 0 Å². The number of nitrogens with zero attached hydrogens (tertiary/aromatic N) is 2. The highest BCUT2D eigenvalue weighted by Gasteiger charge is 2.48. The molecule has 2 fully saturated rings. The zero-order valence-corrected chi connectivity index (χ0v) is 21.2. The number of rotatable bonds is 6. The molecule has 6 nitrogen and oxygen atoms in total. The summed E-state index contributed by atoms with van der Waals surface area (Å²) in [6.45, 7) is 9.85. The van der Waals surface area contributed by atoms with E-state index in [2.05, 4.69) is 5.32 Å². The summed E-state index contributed by atoms with van der Waals surface area (Å²) in [4.78, 5) is 14.5. The second kappa shape index (κ2) is 9.78. The Balaban J connectivity index is 1.56. The van der Waals surface area contributed by atoms with E-state index in [0.717, 1.165) is 37.8 Å². The summed E-state index contributed by atoms with van der Waals surface area (Å²) in [5, 5.41) is 2.66. The Labute approximate surface area is 200 Å². The lowest BCUT2D eigenvalue weighted by molar-refractivity contribution is -0.137. The van der Waals surface area contributed by atoms with E-state index in [1.54, 1.807) is 4.31 Å². The molecule has 0 aliphatic carbocycles. The van der Waals surface area contributed by atoms with Gasteiger partial charge in [0.05, 0.1) is 17.9 Å². The van der Waals surface area contributed by atoms with Crippen LogP contribution in [-0.4, -0.2) is 61.0 Å². The average Bonchev–Trinajstić information content (AvgIpc) is 2.70. The van der Waals surface area contributed by atoms with Gasteiger partial charge in [-0.15, -0.1) is 0 Å². The topological polar surface area (TPSA) is 69.7 Å². The van der Waals surface area contributed by atoms with E-state index in [-0.39, 0.29) is 29.5 Å². The predicted molar refractivity (Wildman–Crippen MR) is 127 cm³/mol. The Morgan fingerprint density at radius 2 is 1.65 bits per heavy atom. The zero-order valence-electron chi connectivity index (χ0n) is 20.4. The number of nitrogens with one attached hydrogen (secondary N) is 1. The maximum absolute atomic E-state index is 13.1. The highest BCUT2D eigenvalue weighted by molar-refractivity contribution is 7.89. The SMILES string of the molecule is CC(C)CS(=O)(=O)N1CC2(CCN(CC(=O)Nc3ccc(C(F)(F)F)cc3)CC2)CCC1(C)C. The fourth-order valence-corrected chi connectivity index (χ4v) is 7.36. The number of benzene rings is 1. The van der Waals surface area contributed by atoms with E-state index >= 15 is 0 Å². The van der Waals surface area contributed by atoms with Gasteiger partial charge in [0, 0.05) is 17.8 Å². The maximum Gasteiger partial charge on any atom is 0.416 e. The van der Waals surface area contributed by atoms with Crippen molar-refractivity contribution in [1.82, 2.24) is 9.21 Å². The number of sulfonamides is 1. The van der Waals surface area contributed by atoms with Gasteiger partial charge < -0.3 is 5.32 Å². The first-order chi connectivity index (χ1) is 15.6. The minimum absolute atomic E-state index is 0.0590. The maximum atomic E-state index is 13.1. The van der Waals surface area contributed by atoms with Crippen LogP contribution < -0.4 is 5.32 Å². The molecule has 1 spiro atoms. The van der Waals surface area contributed by atoms with Crippen LogP contribution in [0.25, 0.3) is 0 Å². The molecule has 2 saturated heterocycles. The number of amides is 1. The van der Waals surface area contributed by atoms with Crippen molar-refractivity contribution in [2.24, 2.45) is 11.3 Å². The van der Waals surface area contributed by atoms with Crippen LogP contribution in [0.1, 0.15) is 58.9 Å².